The third-order valence-corrected chi connectivity index (χ3v) is 24.0. The maximum Gasteiger partial charge on any atom is 0.318 e. The molecular formula is C63H95N3O8S. The minimum Gasteiger partial charge on any atom is -0.475 e. The van der Waals surface area contributed by atoms with Crippen molar-refractivity contribution in [2.24, 2.45) is 56.7 Å². The zero-order valence-corrected chi connectivity index (χ0v) is 48.3. The van der Waals surface area contributed by atoms with Gasteiger partial charge in [0.05, 0.1) is 10.9 Å². The second kappa shape index (κ2) is 22.7. The van der Waals surface area contributed by atoms with Gasteiger partial charge in [0.1, 0.15) is 33.5 Å². The smallest absolute Gasteiger partial charge is 0.318 e. The quantitative estimate of drug-likeness (QED) is 0.0521. The topological polar surface area (TPSA) is 165 Å². The van der Waals surface area contributed by atoms with Crippen molar-refractivity contribution in [2.45, 2.75) is 225 Å². The fourth-order valence-corrected chi connectivity index (χ4v) is 19.0. The van der Waals surface area contributed by atoms with E-state index in [1.54, 1.807) is 18.3 Å². The first-order chi connectivity index (χ1) is 35.5. The summed E-state index contributed by atoms with van der Waals surface area (Å²) in [5.41, 5.74) is 2.86. The molecule has 75 heavy (non-hydrogen) atoms. The molecule has 0 aromatic carbocycles. The first-order valence-electron chi connectivity index (χ1n) is 29.5. The highest BCUT2D eigenvalue weighted by molar-refractivity contribution is 7.91. The van der Waals surface area contributed by atoms with Gasteiger partial charge in [-0.3, -0.25) is 9.59 Å². The van der Waals surface area contributed by atoms with Gasteiger partial charge >= 0.3 is 11.9 Å². The van der Waals surface area contributed by atoms with Crippen molar-refractivity contribution in [1.82, 2.24) is 10.3 Å². The van der Waals surface area contributed by atoms with Crippen molar-refractivity contribution in [1.29, 1.82) is 5.26 Å². The van der Waals surface area contributed by atoms with Crippen LogP contribution < -0.4 is 10.1 Å². The number of nitriles is 1. The van der Waals surface area contributed by atoms with Gasteiger partial charge in [-0.1, -0.05) is 104 Å². The molecule has 7 aliphatic rings. The van der Waals surface area contributed by atoms with E-state index in [1.165, 1.54) is 80.8 Å². The van der Waals surface area contributed by atoms with Crippen molar-refractivity contribution in [3.05, 3.63) is 59.3 Å². The summed E-state index contributed by atoms with van der Waals surface area (Å²) in [6, 6.07) is 5.51. The van der Waals surface area contributed by atoms with Crippen molar-refractivity contribution in [2.75, 3.05) is 26.2 Å². The van der Waals surface area contributed by atoms with Gasteiger partial charge in [0.15, 0.2) is 0 Å². The number of unbranched alkanes of at least 4 members (excludes halogenated alkanes) is 6. The number of fused-ring (bicyclic) bond motifs is 7. The minimum atomic E-state index is -3.09. The Morgan fingerprint density at radius 3 is 2.28 bits per heavy atom. The molecule has 0 amide bonds. The van der Waals surface area contributed by atoms with Gasteiger partial charge in [0.2, 0.25) is 12.7 Å². The van der Waals surface area contributed by atoms with Crippen LogP contribution in [0.3, 0.4) is 0 Å². The Kier molecular flexibility index (Phi) is 17.4. The van der Waals surface area contributed by atoms with Gasteiger partial charge in [-0.15, -0.1) is 0 Å². The van der Waals surface area contributed by atoms with Crippen LogP contribution in [0.2, 0.25) is 0 Å². The predicted octanol–water partition coefficient (Wildman–Crippen LogP) is 13.3. The Morgan fingerprint density at radius 2 is 1.60 bits per heavy atom. The highest BCUT2D eigenvalue weighted by atomic mass is 32.2. The molecule has 0 aliphatic heterocycles. The molecule has 2 N–H and O–H groups in total. The van der Waals surface area contributed by atoms with Gasteiger partial charge in [-0.05, 0) is 204 Å². The van der Waals surface area contributed by atoms with Crippen molar-refractivity contribution in [3.63, 3.8) is 0 Å². The van der Waals surface area contributed by atoms with E-state index >= 15 is 0 Å². The van der Waals surface area contributed by atoms with Crippen molar-refractivity contribution in [3.8, 4) is 11.9 Å². The van der Waals surface area contributed by atoms with Crippen LogP contribution in [0, 0.1) is 68.0 Å². The molecule has 11 nitrogen and oxygen atoms in total. The van der Waals surface area contributed by atoms with E-state index in [4.69, 9.17) is 14.2 Å². The number of esters is 2. The molecule has 5 saturated carbocycles. The number of hydrogen-bond acceptors (Lipinski definition) is 11. The fraction of sp³-hybridized carbons (Fsp3) is 0.778. The summed E-state index contributed by atoms with van der Waals surface area (Å²) in [4.78, 5) is 31.2. The van der Waals surface area contributed by atoms with Crippen LogP contribution in [-0.2, 0) is 28.9 Å². The Hall–Kier alpha value is -3.53. The first kappa shape index (κ1) is 57.6. The third-order valence-electron chi connectivity index (χ3n) is 22.3. The highest BCUT2D eigenvalue weighted by Crippen LogP contribution is 2.76. The molecule has 1 aromatic heterocycles. The number of hydrogen-bond donors (Lipinski definition) is 2. The van der Waals surface area contributed by atoms with E-state index in [0.29, 0.717) is 92.9 Å². The Labute approximate surface area is 452 Å². The average Bonchev–Trinajstić information content (AvgIpc) is 3.85. The van der Waals surface area contributed by atoms with Gasteiger partial charge in [0.25, 0.3) is 0 Å². The Morgan fingerprint density at radius 1 is 0.867 bits per heavy atom. The molecule has 0 bridgehead atoms. The summed E-state index contributed by atoms with van der Waals surface area (Å²) >= 11 is 0. The molecule has 1 heterocycles. The van der Waals surface area contributed by atoms with Crippen LogP contribution in [0.25, 0.3) is 0 Å². The summed E-state index contributed by atoms with van der Waals surface area (Å²) in [7, 11) is -3.09. The van der Waals surface area contributed by atoms with E-state index in [0.717, 1.165) is 51.5 Å². The van der Waals surface area contributed by atoms with Gasteiger partial charge in [-0.2, -0.15) is 5.26 Å². The predicted molar refractivity (Wildman–Crippen MR) is 296 cm³/mol. The van der Waals surface area contributed by atoms with Crippen LogP contribution in [0.4, 0.5) is 0 Å². The number of pyridine rings is 1. The number of nitrogens with zero attached hydrogens (tertiary/aromatic N) is 2. The Balaban J connectivity index is 0.960. The number of aromatic nitrogens is 1. The molecule has 12 heteroatoms. The summed E-state index contributed by atoms with van der Waals surface area (Å²) in [6.45, 7) is 22.4. The van der Waals surface area contributed by atoms with Gasteiger partial charge in [-0.25, -0.2) is 13.4 Å². The fourth-order valence-electron chi connectivity index (χ4n) is 17.9. The monoisotopic (exact) mass is 1050 g/mol. The number of nitrogens with one attached hydrogen (secondary N) is 1. The lowest BCUT2D eigenvalue weighted by Crippen LogP contribution is -2.68. The third kappa shape index (κ3) is 11.2. The maximum atomic E-state index is 14.2. The summed E-state index contributed by atoms with van der Waals surface area (Å²) in [6.07, 6.45) is 30.6. The van der Waals surface area contributed by atoms with Crippen LogP contribution in [0.1, 0.15) is 215 Å². The zero-order valence-electron chi connectivity index (χ0n) is 47.5. The molecule has 8 rings (SSSR count). The van der Waals surface area contributed by atoms with E-state index in [1.807, 2.05) is 0 Å². The molecule has 5 fully saturated rings. The number of carbonyl (C=O) groups is 2. The van der Waals surface area contributed by atoms with Crippen molar-refractivity contribution >= 4 is 21.8 Å². The summed E-state index contributed by atoms with van der Waals surface area (Å²) in [5, 5.41) is 25.4. The van der Waals surface area contributed by atoms with E-state index in [9.17, 15) is 28.4 Å². The molecule has 7 aliphatic carbocycles. The molecule has 10 atom stereocenters. The molecule has 0 radical (unpaired) electrons. The van der Waals surface area contributed by atoms with Crippen LogP contribution in [-0.4, -0.2) is 73.0 Å². The van der Waals surface area contributed by atoms with E-state index < -0.39 is 33.6 Å². The second-order valence-corrected chi connectivity index (χ2v) is 29.0. The minimum absolute atomic E-state index is 0.0136. The van der Waals surface area contributed by atoms with Crippen LogP contribution in [0.5, 0.6) is 5.88 Å². The average molecular weight is 1050 g/mol. The molecule has 1 aromatic rings. The molecule has 0 saturated heterocycles. The lowest BCUT2D eigenvalue weighted by Gasteiger charge is -2.72. The number of ether oxygens (including phenoxy) is 3. The van der Waals surface area contributed by atoms with Crippen LogP contribution >= 0.6 is 0 Å². The van der Waals surface area contributed by atoms with Gasteiger partial charge < -0.3 is 24.6 Å². The summed E-state index contributed by atoms with van der Waals surface area (Å²) < 4.78 is 42.0. The molecule has 3 unspecified atom stereocenters. The lowest BCUT2D eigenvalue weighted by molar-refractivity contribution is -0.221. The number of carbonyl (C=O) groups excluding carboxylic acids is 2. The first-order valence-corrected chi connectivity index (χ1v) is 31.5. The normalized spacial score (nSPS) is 37.0. The zero-order chi connectivity index (χ0) is 54.1. The van der Waals surface area contributed by atoms with E-state index in [-0.39, 0.29) is 50.9 Å². The second-order valence-electron chi connectivity index (χ2n) is 26.7. The number of rotatable bonds is 21. The number of allylic oxidation sites excluding steroid dienone is 5. The maximum absolute atomic E-state index is 14.2. The number of sulfone groups is 1. The summed E-state index contributed by atoms with van der Waals surface area (Å²) in [5.74, 6) is 1.99. The highest BCUT2D eigenvalue weighted by Gasteiger charge is 2.70. The molecule has 416 valence electrons. The molecule has 0 spiro atoms. The largest absolute Gasteiger partial charge is 0.475 e. The van der Waals surface area contributed by atoms with Crippen molar-refractivity contribution < 1.29 is 37.3 Å². The van der Waals surface area contributed by atoms with Crippen LogP contribution in [0.15, 0.2) is 53.8 Å². The van der Waals surface area contributed by atoms with E-state index in [2.05, 4.69) is 83.6 Å². The number of aliphatic hydroxyl groups is 1. The van der Waals surface area contributed by atoms with Gasteiger partial charge in [0, 0.05) is 24.4 Å². The Bertz CT molecular complexity index is 2470. The standard InChI is InChI=1S/C63H95N3O8S/c1-10-11-12-13-14-15-16-19-53(67)73-43-74-56(68)61(42-72-55-46(41-64)18-17-39-65-55)31-22-45(23-32-61)49-27-29-58(6)51(57(49,4)5)28-30-60(8)52(58)21-20-50-54-48(44(2)3)26-35-63(54,37-36-59(50,60)7)66-40-38-62(69)33-24-47(25-34-62)75(9,70)71/h17-18,22,27,39,47-48,50-52,54,66,69H,2,10-16,19-21,23-26,28-38,40,42-43H2,1,3-9H3/t47?,48-,50+,51-,52?,54+,58?,59+,60?,61+,62?,63-/m0/s1. The molecular weight excluding hydrogens is 959 g/mol. The lowest BCUT2D eigenvalue weighted by atomic mass is 9.33. The SMILES string of the molecule is C=C(C)[C@@H]1CC[C@]2(NCCC3(O)CCC(S(C)(=O)=O)CC3)CC[C@]3(C)[C@H](CCC4C5(C)CC=C(C6=CC[C@@](COc7ncccc7C#N)(C(=O)OCOC(=O)CCCCCCCCC)CC6)C(C)(C)[C@@H]5CCC43C)[C@@H]12.